The molecule has 3 aromatic rings. The van der Waals surface area contributed by atoms with Crippen LogP contribution in [0.3, 0.4) is 0 Å². The summed E-state index contributed by atoms with van der Waals surface area (Å²) in [5, 5.41) is 12.6. The van der Waals surface area contributed by atoms with Gasteiger partial charge in [-0.25, -0.2) is 0 Å². The second-order valence-corrected chi connectivity index (χ2v) is 9.22. The third-order valence-electron chi connectivity index (χ3n) is 5.84. The lowest BCUT2D eigenvalue weighted by molar-refractivity contribution is 0.103. The Labute approximate surface area is 192 Å². The molecular formula is C27H25NO3S. The van der Waals surface area contributed by atoms with Gasteiger partial charge in [0.15, 0.2) is 5.78 Å². The Morgan fingerprint density at radius 3 is 1.88 bits per heavy atom. The summed E-state index contributed by atoms with van der Waals surface area (Å²) >= 11 is 1.56. The molecule has 0 saturated heterocycles. The van der Waals surface area contributed by atoms with E-state index >= 15 is 0 Å². The summed E-state index contributed by atoms with van der Waals surface area (Å²) in [5.41, 5.74) is 2.10. The van der Waals surface area contributed by atoms with E-state index in [0.29, 0.717) is 29.0 Å². The van der Waals surface area contributed by atoms with Gasteiger partial charge in [0.1, 0.15) is 5.71 Å². The maximum atomic E-state index is 12.7. The van der Waals surface area contributed by atoms with Crippen LogP contribution >= 0.6 is 11.8 Å². The van der Waals surface area contributed by atoms with Gasteiger partial charge in [-0.05, 0) is 60.9 Å². The molecule has 0 unspecified atom stereocenters. The number of nitrogens with zero attached hydrogens (tertiary/aromatic N) is 1. The van der Waals surface area contributed by atoms with Gasteiger partial charge in [0.25, 0.3) is 0 Å². The van der Waals surface area contributed by atoms with Crippen molar-refractivity contribution < 1.29 is 14.8 Å². The van der Waals surface area contributed by atoms with Crippen LogP contribution in [0.1, 0.15) is 58.4 Å². The Bertz CT molecular complexity index is 1100. The minimum atomic E-state index is -0.209. The van der Waals surface area contributed by atoms with Crippen LogP contribution in [0.15, 0.2) is 93.8 Å². The molecule has 3 aromatic carbocycles. The van der Waals surface area contributed by atoms with Crippen molar-refractivity contribution in [2.75, 3.05) is 0 Å². The molecule has 0 aromatic heterocycles. The number of hydrogen-bond acceptors (Lipinski definition) is 5. The molecule has 0 amide bonds. The molecular weight excluding hydrogens is 418 g/mol. The van der Waals surface area contributed by atoms with E-state index in [1.807, 2.05) is 66.7 Å². The lowest BCUT2D eigenvalue weighted by Crippen LogP contribution is -2.17. The number of oxime groups is 1. The topological polar surface area (TPSA) is 66.7 Å². The summed E-state index contributed by atoms with van der Waals surface area (Å²) in [7, 11) is 0. The zero-order chi connectivity index (χ0) is 22.3. The smallest absolute Gasteiger partial charge is 0.210 e. The first-order valence-electron chi connectivity index (χ1n) is 10.9. The molecule has 0 radical (unpaired) electrons. The van der Waals surface area contributed by atoms with Crippen molar-refractivity contribution in [3.8, 4) is 0 Å². The van der Waals surface area contributed by atoms with E-state index in [9.17, 15) is 14.8 Å². The number of hydrogen-bond donors (Lipinski definition) is 1. The molecule has 1 aliphatic carbocycles. The van der Waals surface area contributed by atoms with Crippen LogP contribution in [0.25, 0.3) is 0 Å². The van der Waals surface area contributed by atoms with Gasteiger partial charge in [0.2, 0.25) is 5.78 Å². The highest BCUT2D eigenvalue weighted by Crippen LogP contribution is 2.30. The van der Waals surface area contributed by atoms with E-state index in [4.69, 9.17) is 0 Å². The van der Waals surface area contributed by atoms with Crippen LogP contribution in [0.4, 0.5) is 0 Å². The molecule has 0 heterocycles. The molecule has 0 aliphatic heterocycles. The molecule has 0 atom stereocenters. The molecule has 4 nitrogen and oxygen atoms in total. The summed E-state index contributed by atoms with van der Waals surface area (Å²) in [5.74, 6) is 0.236. The van der Waals surface area contributed by atoms with Crippen molar-refractivity contribution in [1.82, 2.24) is 0 Å². The quantitative estimate of drug-likeness (QED) is 0.183. The highest BCUT2D eigenvalue weighted by molar-refractivity contribution is 7.99. The van der Waals surface area contributed by atoms with Crippen molar-refractivity contribution in [3.05, 3.63) is 95.6 Å². The molecule has 1 aliphatic rings. The third-order valence-corrected chi connectivity index (χ3v) is 6.86. The lowest BCUT2D eigenvalue weighted by Gasteiger charge is -2.10. The zero-order valence-electron chi connectivity index (χ0n) is 17.7. The fourth-order valence-electron chi connectivity index (χ4n) is 4.07. The van der Waals surface area contributed by atoms with Crippen LogP contribution < -0.4 is 0 Å². The summed E-state index contributed by atoms with van der Waals surface area (Å²) < 4.78 is 0. The largest absolute Gasteiger partial charge is 0.411 e. The zero-order valence-corrected chi connectivity index (χ0v) is 18.6. The van der Waals surface area contributed by atoms with Gasteiger partial charge in [0, 0.05) is 26.5 Å². The maximum absolute atomic E-state index is 12.7. The second kappa shape index (κ2) is 10.4. The molecule has 162 valence electrons. The molecule has 1 saturated carbocycles. The summed E-state index contributed by atoms with van der Waals surface area (Å²) in [4.78, 5) is 27.3. The van der Waals surface area contributed by atoms with Crippen LogP contribution in [0.2, 0.25) is 0 Å². The standard InChI is InChI=1S/C27H25NO3S/c29-26(20-8-2-1-3-9-20)21-10-14-23(15-11-21)32-24-16-12-22(13-17-24)27(30)25(28-31)18-19-6-4-5-7-19/h1-3,8-17,19,31H,4-7,18H2. The van der Waals surface area contributed by atoms with E-state index in [0.717, 1.165) is 22.6 Å². The van der Waals surface area contributed by atoms with Gasteiger partial charge in [0.05, 0.1) is 0 Å². The molecule has 0 bridgehead atoms. The highest BCUT2D eigenvalue weighted by atomic mass is 32.2. The number of carbonyl (C=O) groups excluding carboxylic acids is 2. The lowest BCUT2D eigenvalue weighted by atomic mass is 9.96. The van der Waals surface area contributed by atoms with Crippen molar-refractivity contribution >= 4 is 29.0 Å². The number of rotatable bonds is 8. The number of ketones is 2. The predicted molar refractivity (Wildman–Crippen MR) is 127 cm³/mol. The normalized spacial score (nSPS) is 14.4. The van der Waals surface area contributed by atoms with Crippen LogP contribution in [-0.2, 0) is 0 Å². The van der Waals surface area contributed by atoms with Crippen molar-refractivity contribution in [2.24, 2.45) is 11.1 Å². The van der Waals surface area contributed by atoms with Gasteiger partial charge in [-0.3, -0.25) is 9.59 Å². The molecule has 32 heavy (non-hydrogen) atoms. The van der Waals surface area contributed by atoms with Crippen LogP contribution in [0.5, 0.6) is 0 Å². The van der Waals surface area contributed by atoms with Gasteiger partial charge in [-0.1, -0.05) is 72.9 Å². The van der Waals surface area contributed by atoms with E-state index in [1.165, 1.54) is 12.8 Å². The van der Waals surface area contributed by atoms with Crippen LogP contribution in [-0.4, -0.2) is 22.5 Å². The number of Topliss-reactive ketones (excluding diaryl/α,β-unsaturated/α-hetero) is 1. The molecule has 1 N–H and O–H groups in total. The Balaban J connectivity index is 1.39. The maximum Gasteiger partial charge on any atom is 0.210 e. The van der Waals surface area contributed by atoms with Crippen molar-refractivity contribution in [3.63, 3.8) is 0 Å². The number of benzene rings is 3. The monoisotopic (exact) mass is 443 g/mol. The first kappa shape index (κ1) is 22.0. The van der Waals surface area contributed by atoms with Gasteiger partial charge < -0.3 is 5.21 Å². The van der Waals surface area contributed by atoms with E-state index in [-0.39, 0.29) is 17.3 Å². The summed E-state index contributed by atoms with van der Waals surface area (Å²) in [6.07, 6.45) is 5.10. The molecule has 4 rings (SSSR count). The molecule has 5 heteroatoms. The Hall–Kier alpha value is -3.18. The van der Waals surface area contributed by atoms with Gasteiger partial charge >= 0.3 is 0 Å². The van der Waals surface area contributed by atoms with Crippen LogP contribution in [0, 0.1) is 5.92 Å². The first-order valence-corrected chi connectivity index (χ1v) is 11.7. The fraction of sp³-hybridized carbons (Fsp3) is 0.222. The predicted octanol–water partition coefficient (Wildman–Crippen LogP) is 6.66. The Morgan fingerprint density at radius 1 is 0.781 bits per heavy atom. The second-order valence-electron chi connectivity index (χ2n) is 8.08. The minimum absolute atomic E-state index is 0.00368. The van der Waals surface area contributed by atoms with Gasteiger partial charge in [-0.15, -0.1) is 0 Å². The Kier molecular flexibility index (Phi) is 7.17. The third kappa shape index (κ3) is 5.35. The number of carbonyl (C=O) groups is 2. The van der Waals surface area contributed by atoms with Gasteiger partial charge in [-0.2, -0.15) is 0 Å². The SMILES string of the molecule is O=C(C(CC1CCCC1)=NO)c1ccc(Sc2ccc(C(=O)c3ccccc3)cc2)cc1. The van der Waals surface area contributed by atoms with Crippen molar-refractivity contribution in [1.29, 1.82) is 0 Å². The van der Waals surface area contributed by atoms with E-state index in [2.05, 4.69) is 5.16 Å². The van der Waals surface area contributed by atoms with E-state index in [1.54, 1.807) is 23.9 Å². The first-order chi connectivity index (χ1) is 15.6. The minimum Gasteiger partial charge on any atom is -0.411 e. The summed E-state index contributed by atoms with van der Waals surface area (Å²) in [6.45, 7) is 0. The summed E-state index contributed by atoms with van der Waals surface area (Å²) in [6, 6.07) is 24.1. The average Bonchev–Trinajstić information content (AvgIpc) is 3.36. The van der Waals surface area contributed by atoms with E-state index < -0.39 is 0 Å². The molecule has 1 fully saturated rings. The highest BCUT2D eigenvalue weighted by Gasteiger charge is 2.22. The molecule has 0 spiro atoms. The Morgan fingerprint density at radius 2 is 1.31 bits per heavy atom. The fourth-order valence-corrected chi connectivity index (χ4v) is 4.89. The average molecular weight is 444 g/mol. The van der Waals surface area contributed by atoms with Crippen molar-refractivity contribution in [2.45, 2.75) is 41.9 Å².